The molecule has 2 nitrogen and oxygen atoms in total. The van der Waals surface area contributed by atoms with E-state index in [9.17, 15) is 13.9 Å². The van der Waals surface area contributed by atoms with Gasteiger partial charge in [-0.05, 0) is 41.3 Å². The van der Waals surface area contributed by atoms with E-state index in [1.165, 1.54) is 24.3 Å². The van der Waals surface area contributed by atoms with Crippen LogP contribution in [0.1, 0.15) is 30.1 Å². The summed E-state index contributed by atoms with van der Waals surface area (Å²) in [5.41, 5.74) is 1.58. The van der Waals surface area contributed by atoms with E-state index in [4.69, 9.17) is 0 Å². The normalized spacial score (nSPS) is 13.9. The minimum atomic E-state index is -0.749. The molecule has 0 spiro atoms. The SMILES string of the molecule is CC(CNCC(O)c1cccc(F)c1)c1ccc(F)cc1. The summed E-state index contributed by atoms with van der Waals surface area (Å²) in [5.74, 6) is -0.406. The molecule has 2 aromatic carbocycles. The summed E-state index contributed by atoms with van der Waals surface area (Å²) >= 11 is 0. The Morgan fingerprint density at radius 1 is 0.952 bits per heavy atom. The van der Waals surface area contributed by atoms with Crippen LogP contribution in [0.25, 0.3) is 0 Å². The first kappa shape index (κ1) is 15.6. The molecule has 2 atom stereocenters. The van der Waals surface area contributed by atoms with E-state index in [1.807, 2.05) is 6.92 Å². The number of aliphatic hydroxyl groups excluding tert-OH is 1. The van der Waals surface area contributed by atoms with Crippen LogP contribution in [-0.4, -0.2) is 18.2 Å². The first-order chi connectivity index (χ1) is 10.1. The van der Waals surface area contributed by atoms with Crippen LogP contribution in [0.4, 0.5) is 8.78 Å². The molecule has 0 aliphatic rings. The molecule has 0 bridgehead atoms. The number of aliphatic hydroxyl groups is 1. The zero-order valence-electron chi connectivity index (χ0n) is 11.9. The second-order valence-corrected chi connectivity index (χ2v) is 5.18. The van der Waals surface area contributed by atoms with E-state index < -0.39 is 6.10 Å². The highest BCUT2D eigenvalue weighted by Crippen LogP contribution is 2.16. The zero-order valence-corrected chi connectivity index (χ0v) is 11.9. The fourth-order valence-electron chi connectivity index (χ4n) is 2.18. The molecule has 0 aliphatic heterocycles. The molecule has 0 heterocycles. The van der Waals surface area contributed by atoms with E-state index in [2.05, 4.69) is 5.32 Å². The van der Waals surface area contributed by atoms with Crippen molar-refractivity contribution in [1.82, 2.24) is 5.32 Å². The van der Waals surface area contributed by atoms with Gasteiger partial charge in [0, 0.05) is 13.1 Å². The summed E-state index contributed by atoms with van der Waals surface area (Å²) in [6.07, 6.45) is -0.749. The lowest BCUT2D eigenvalue weighted by Crippen LogP contribution is -2.25. The highest BCUT2D eigenvalue weighted by Gasteiger charge is 2.10. The smallest absolute Gasteiger partial charge is 0.123 e. The Labute approximate surface area is 123 Å². The maximum atomic E-state index is 13.1. The van der Waals surface area contributed by atoms with Gasteiger partial charge in [0.15, 0.2) is 0 Å². The molecule has 2 aromatic rings. The number of nitrogens with one attached hydrogen (secondary N) is 1. The van der Waals surface area contributed by atoms with Crippen molar-refractivity contribution in [2.24, 2.45) is 0 Å². The second-order valence-electron chi connectivity index (χ2n) is 5.18. The highest BCUT2D eigenvalue weighted by atomic mass is 19.1. The predicted octanol–water partition coefficient (Wildman–Crippen LogP) is 3.39. The lowest BCUT2D eigenvalue weighted by Gasteiger charge is -2.16. The van der Waals surface area contributed by atoms with Crippen LogP contribution < -0.4 is 5.32 Å². The molecule has 112 valence electrons. The van der Waals surface area contributed by atoms with Gasteiger partial charge in [0.25, 0.3) is 0 Å². The van der Waals surface area contributed by atoms with Gasteiger partial charge in [0.05, 0.1) is 6.10 Å². The third-order valence-electron chi connectivity index (χ3n) is 3.46. The Kier molecular flexibility index (Phi) is 5.42. The maximum absolute atomic E-state index is 13.1. The Bertz CT molecular complexity index is 571. The second kappa shape index (κ2) is 7.29. The summed E-state index contributed by atoms with van der Waals surface area (Å²) in [4.78, 5) is 0. The zero-order chi connectivity index (χ0) is 15.2. The number of benzene rings is 2. The Morgan fingerprint density at radius 3 is 2.33 bits per heavy atom. The fourth-order valence-corrected chi connectivity index (χ4v) is 2.18. The van der Waals surface area contributed by atoms with Crippen LogP contribution >= 0.6 is 0 Å². The first-order valence-corrected chi connectivity index (χ1v) is 6.96. The lowest BCUT2D eigenvalue weighted by molar-refractivity contribution is 0.174. The topological polar surface area (TPSA) is 32.3 Å². The summed E-state index contributed by atoms with van der Waals surface area (Å²) in [5, 5.41) is 13.1. The molecule has 21 heavy (non-hydrogen) atoms. The largest absolute Gasteiger partial charge is 0.387 e. The minimum absolute atomic E-state index is 0.199. The van der Waals surface area contributed by atoms with Gasteiger partial charge in [-0.25, -0.2) is 8.78 Å². The monoisotopic (exact) mass is 291 g/mol. The van der Waals surface area contributed by atoms with Crippen molar-refractivity contribution < 1.29 is 13.9 Å². The molecule has 0 saturated heterocycles. The average molecular weight is 291 g/mol. The van der Waals surface area contributed by atoms with Crippen LogP contribution in [0.3, 0.4) is 0 Å². The van der Waals surface area contributed by atoms with E-state index in [-0.39, 0.29) is 17.6 Å². The van der Waals surface area contributed by atoms with E-state index in [0.29, 0.717) is 18.7 Å². The van der Waals surface area contributed by atoms with Gasteiger partial charge < -0.3 is 10.4 Å². The number of rotatable bonds is 6. The van der Waals surface area contributed by atoms with E-state index >= 15 is 0 Å². The highest BCUT2D eigenvalue weighted by molar-refractivity contribution is 5.21. The van der Waals surface area contributed by atoms with Gasteiger partial charge >= 0.3 is 0 Å². The van der Waals surface area contributed by atoms with Crippen LogP contribution in [0.5, 0.6) is 0 Å². The van der Waals surface area contributed by atoms with Crippen LogP contribution in [0.15, 0.2) is 48.5 Å². The van der Waals surface area contributed by atoms with E-state index in [1.54, 1.807) is 24.3 Å². The molecule has 2 unspecified atom stereocenters. The summed E-state index contributed by atoms with van der Waals surface area (Å²) in [6, 6.07) is 12.3. The molecule has 0 radical (unpaired) electrons. The maximum Gasteiger partial charge on any atom is 0.123 e. The molecular formula is C17H19F2NO. The van der Waals surface area contributed by atoms with Gasteiger partial charge in [0.1, 0.15) is 11.6 Å². The van der Waals surface area contributed by atoms with Crippen LogP contribution in [0.2, 0.25) is 0 Å². The van der Waals surface area contributed by atoms with Crippen molar-refractivity contribution in [3.05, 3.63) is 71.3 Å². The van der Waals surface area contributed by atoms with Crippen molar-refractivity contribution in [1.29, 1.82) is 0 Å². The fraction of sp³-hybridized carbons (Fsp3) is 0.294. The van der Waals surface area contributed by atoms with Gasteiger partial charge in [-0.15, -0.1) is 0 Å². The number of hydrogen-bond acceptors (Lipinski definition) is 2. The van der Waals surface area contributed by atoms with Crippen molar-refractivity contribution in [2.75, 3.05) is 13.1 Å². The molecule has 2 rings (SSSR count). The van der Waals surface area contributed by atoms with Gasteiger partial charge in [0.2, 0.25) is 0 Å². The molecule has 0 amide bonds. The standard InChI is InChI=1S/C17H19F2NO/c1-12(13-5-7-15(18)8-6-13)10-20-11-17(21)14-3-2-4-16(19)9-14/h2-9,12,17,20-21H,10-11H2,1H3. The predicted molar refractivity (Wildman–Crippen MR) is 79.0 cm³/mol. The van der Waals surface area contributed by atoms with Crippen molar-refractivity contribution in [2.45, 2.75) is 18.9 Å². The summed E-state index contributed by atoms with van der Waals surface area (Å²) in [6.45, 7) is 3.02. The van der Waals surface area contributed by atoms with Crippen molar-refractivity contribution in [3.8, 4) is 0 Å². The molecule has 0 aromatic heterocycles. The molecule has 0 aliphatic carbocycles. The molecule has 0 saturated carbocycles. The van der Waals surface area contributed by atoms with Crippen LogP contribution in [0, 0.1) is 11.6 Å². The third kappa shape index (κ3) is 4.62. The first-order valence-electron chi connectivity index (χ1n) is 6.96. The minimum Gasteiger partial charge on any atom is -0.387 e. The van der Waals surface area contributed by atoms with Crippen molar-refractivity contribution >= 4 is 0 Å². The average Bonchev–Trinajstić information content (AvgIpc) is 2.47. The van der Waals surface area contributed by atoms with Gasteiger partial charge in [-0.1, -0.05) is 31.2 Å². The van der Waals surface area contributed by atoms with Crippen molar-refractivity contribution in [3.63, 3.8) is 0 Å². The van der Waals surface area contributed by atoms with Gasteiger partial charge in [-0.3, -0.25) is 0 Å². The Hall–Kier alpha value is -1.78. The molecule has 2 N–H and O–H groups in total. The Morgan fingerprint density at radius 2 is 1.67 bits per heavy atom. The number of halogens is 2. The summed E-state index contributed by atoms with van der Waals surface area (Å²) < 4.78 is 25.9. The number of hydrogen-bond donors (Lipinski definition) is 2. The molecule has 0 fully saturated rings. The summed E-state index contributed by atoms with van der Waals surface area (Å²) in [7, 11) is 0. The third-order valence-corrected chi connectivity index (χ3v) is 3.46. The van der Waals surface area contributed by atoms with Crippen LogP contribution in [-0.2, 0) is 0 Å². The molecular weight excluding hydrogens is 272 g/mol. The quantitative estimate of drug-likeness (QED) is 0.855. The van der Waals surface area contributed by atoms with E-state index in [0.717, 1.165) is 5.56 Å². The molecule has 4 heteroatoms. The Balaban J connectivity index is 1.82. The lowest BCUT2D eigenvalue weighted by atomic mass is 10.0. The van der Waals surface area contributed by atoms with Gasteiger partial charge in [-0.2, -0.15) is 0 Å².